The number of piperidine rings is 2. The van der Waals surface area contributed by atoms with Gasteiger partial charge in [0.1, 0.15) is 5.75 Å². The lowest BCUT2D eigenvalue weighted by atomic mass is 9.96. The summed E-state index contributed by atoms with van der Waals surface area (Å²) in [5.41, 5.74) is -0.0507. The summed E-state index contributed by atoms with van der Waals surface area (Å²) in [5.74, 6) is 0.809. The first-order valence-electron chi connectivity index (χ1n) is 10.1. The average Bonchev–Trinajstić information content (AvgIpc) is 2.64. The number of amides is 2. The van der Waals surface area contributed by atoms with Crippen LogP contribution in [-0.2, 0) is 4.79 Å². The number of carbonyl (C=O) groups is 2. The number of rotatable bonds is 2. The molecule has 3 heterocycles. The van der Waals surface area contributed by atoms with Crippen LogP contribution in [0.2, 0.25) is 0 Å². The van der Waals surface area contributed by atoms with Crippen molar-refractivity contribution >= 4 is 11.8 Å². The SMILES string of the molecule is C[C@@H]1CCC[C@@H](C)N1C(=O)CN1CCC2(CC1)NC(=O)c1ccccc1O2. The standard InChI is InChI=1S/C21H29N3O3/c1-15-6-5-7-16(2)24(15)19(25)14-23-12-10-21(11-13-23)22-20(26)17-8-3-4-9-18(17)27-21/h3-4,8-9,15-16H,5-7,10-14H2,1-2H3,(H,22,26)/t15-,16-/m1/s1. The molecule has 1 aromatic carbocycles. The van der Waals surface area contributed by atoms with E-state index in [2.05, 4.69) is 29.0 Å². The van der Waals surface area contributed by atoms with Gasteiger partial charge in [0.2, 0.25) is 5.91 Å². The maximum absolute atomic E-state index is 12.9. The van der Waals surface area contributed by atoms with Crippen LogP contribution in [0.1, 0.15) is 56.3 Å². The van der Waals surface area contributed by atoms with E-state index >= 15 is 0 Å². The lowest BCUT2D eigenvalue weighted by molar-refractivity contribution is -0.139. The van der Waals surface area contributed by atoms with E-state index in [1.54, 1.807) is 6.07 Å². The Morgan fingerprint density at radius 2 is 1.85 bits per heavy atom. The number of benzene rings is 1. The molecule has 0 aliphatic carbocycles. The quantitative estimate of drug-likeness (QED) is 0.867. The van der Waals surface area contributed by atoms with Crippen molar-refractivity contribution in [3.63, 3.8) is 0 Å². The minimum Gasteiger partial charge on any atom is -0.467 e. The summed E-state index contributed by atoms with van der Waals surface area (Å²) >= 11 is 0. The number of para-hydroxylation sites is 1. The predicted octanol–water partition coefficient (Wildman–Crippen LogP) is 2.39. The molecule has 6 nitrogen and oxygen atoms in total. The Morgan fingerprint density at radius 1 is 1.19 bits per heavy atom. The lowest BCUT2D eigenvalue weighted by Crippen LogP contribution is -2.62. The molecular formula is C21H29N3O3. The van der Waals surface area contributed by atoms with Crippen molar-refractivity contribution in [1.82, 2.24) is 15.1 Å². The van der Waals surface area contributed by atoms with Gasteiger partial charge in [-0.2, -0.15) is 0 Å². The Labute approximate surface area is 160 Å². The summed E-state index contributed by atoms with van der Waals surface area (Å²) in [6, 6.07) is 8.03. The molecular weight excluding hydrogens is 342 g/mol. The molecule has 2 atom stereocenters. The summed E-state index contributed by atoms with van der Waals surface area (Å²) in [6.45, 7) is 6.24. The zero-order valence-corrected chi connectivity index (χ0v) is 16.2. The molecule has 0 radical (unpaired) electrons. The molecule has 146 valence electrons. The van der Waals surface area contributed by atoms with E-state index in [1.807, 2.05) is 18.2 Å². The van der Waals surface area contributed by atoms with Gasteiger partial charge in [0.05, 0.1) is 12.1 Å². The lowest BCUT2D eigenvalue weighted by Gasteiger charge is -2.45. The number of fused-ring (bicyclic) bond motifs is 1. The van der Waals surface area contributed by atoms with Gasteiger partial charge >= 0.3 is 0 Å². The second-order valence-corrected chi connectivity index (χ2v) is 8.25. The number of nitrogens with zero attached hydrogens (tertiary/aromatic N) is 2. The van der Waals surface area contributed by atoms with Crippen molar-refractivity contribution < 1.29 is 14.3 Å². The smallest absolute Gasteiger partial charge is 0.258 e. The molecule has 0 bridgehead atoms. The largest absolute Gasteiger partial charge is 0.467 e. The summed E-state index contributed by atoms with van der Waals surface area (Å²) in [6.07, 6.45) is 4.77. The van der Waals surface area contributed by atoms with Crippen LogP contribution in [0.4, 0.5) is 0 Å². The first kappa shape index (κ1) is 18.3. The number of hydrogen-bond donors (Lipinski definition) is 1. The van der Waals surface area contributed by atoms with Crippen LogP contribution in [-0.4, -0.2) is 59.1 Å². The summed E-state index contributed by atoms with van der Waals surface area (Å²) in [5, 5.41) is 3.06. The molecule has 2 amide bonds. The zero-order valence-electron chi connectivity index (χ0n) is 16.2. The fourth-order valence-corrected chi connectivity index (χ4v) is 4.74. The third-order valence-corrected chi connectivity index (χ3v) is 6.28. The van der Waals surface area contributed by atoms with E-state index in [-0.39, 0.29) is 11.8 Å². The Hall–Kier alpha value is -2.08. The van der Waals surface area contributed by atoms with Crippen LogP contribution in [0.3, 0.4) is 0 Å². The zero-order chi connectivity index (χ0) is 19.0. The van der Waals surface area contributed by atoms with E-state index in [0.717, 1.165) is 25.9 Å². The van der Waals surface area contributed by atoms with Gasteiger partial charge in [-0.05, 0) is 45.2 Å². The van der Waals surface area contributed by atoms with Crippen molar-refractivity contribution in [3.05, 3.63) is 29.8 Å². The number of likely N-dealkylation sites (tertiary alicyclic amines) is 2. The van der Waals surface area contributed by atoms with E-state index in [1.165, 1.54) is 6.42 Å². The molecule has 1 N–H and O–H groups in total. The third-order valence-electron chi connectivity index (χ3n) is 6.28. The van der Waals surface area contributed by atoms with Crippen LogP contribution < -0.4 is 10.1 Å². The van der Waals surface area contributed by atoms with Crippen molar-refractivity contribution in [2.24, 2.45) is 0 Å². The van der Waals surface area contributed by atoms with E-state index in [4.69, 9.17) is 4.74 Å². The highest BCUT2D eigenvalue weighted by molar-refractivity contribution is 5.98. The Bertz CT molecular complexity index is 717. The van der Waals surface area contributed by atoms with Crippen molar-refractivity contribution in [2.45, 2.75) is 63.8 Å². The van der Waals surface area contributed by atoms with Gasteiger partial charge in [-0.25, -0.2) is 0 Å². The van der Waals surface area contributed by atoms with Gasteiger partial charge in [0.15, 0.2) is 5.72 Å². The molecule has 27 heavy (non-hydrogen) atoms. The first-order valence-corrected chi connectivity index (χ1v) is 10.1. The fourth-order valence-electron chi connectivity index (χ4n) is 4.74. The summed E-state index contributed by atoms with van der Waals surface area (Å²) < 4.78 is 6.18. The fraction of sp³-hybridized carbons (Fsp3) is 0.619. The van der Waals surface area contributed by atoms with Crippen LogP contribution in [0.25, 0.3) is 0 Å². The van der Waals surface area contributed by atoms with Gasteiger partial charge in [-0.15, -0.1) is 0 Å². The van der Waals surface area contributed by atoms with Crippen LogP contribution >= 0.6 is 0 Å². The molecule has 3 aliphatic rings. The molecule has 6 heteroatoms. The summed E-state index contributed by atoms with van der Waals surface area (Å²) in [7, 11) is 0. The number of hydrogen-bond acceptors (Lipinski definition) is 4. The van der Waals surface area contributed by atoms with Crippen LogP contribution in [0, 0.1) is 0 Å². The topological polar surface area (TPSA) is 61.9 Å². The highest BCUT2D eigenvalue weighted by Gasteiger charge is 2.43. The molecule has 2 fully saturated rings. The maximum Gasteiger partial charge on any atom is 0.258 e. The number of ether oxygens (including phenoxy) is 1. The normalized spacial score (nSPS) is 27.6. The minimum absolute atomic E-state index is 0.0719. The Balaban J connectivity index is 1.37. The number of carbonyl (C=O) groups excluding carboxylic acids is 2. The maximum atomic E-state index is 12.9. The van der Waals surface area contributed by atoms with E-state index in [0.29, 0.717) is 42.8 Å². The summed E-state index contributed by atoms with van der Waals surface area (Å²) in [4.78, 5) is 29.5. The van der Waals surface area contributed by atoms with Gasteiger partial charge in [-0.3, -0.25) is 14.5 Å². The van der Waals surface area contributed by atoms with Crippen LogP contribution in [0.15, 0.2) is 24.3 Å². The minimum atomic E-state index is -0.642. The number of nitrogens with one attached hydrogen (secondary N) is 1. The highest BCUT2D eigenvalue weighted by Crippen LogP contribution is 2.33. The predicted molar refractivity (Wildman–Crippen MR) is 103 cm³/mol. The molecule has 0 aromatic heterocycles. The molecule has 0 unspecified atom stereocenters. The van der Waals surface area contributed by atoms with Gasteiger partial charge in [0, 0.05) is 38.0 Å². The average molecular weight is 371 g/mol. The van der Waals surface area contributed by atoms with Crippen molar-refractivity contribution in [3.8, 4) is 5.75 Å². The first-order chi connectivity index (χ1) is 13.0. The molecule has 1 spiro atoms. The van der Waals surface area contributed by atoms with Crippen molar-refractivity contribution in [2.75, 3.05) is 19.6 Å². The van der Waals surface area contributed by atoms with E-state index < -0.39 is 5.72 Å². The van der Waals surface area contributed by atoms with Crippen molar-refractivity contribution in [1.29, 1.82) is 0 Å². The third kappa shape index (κ3) is 3.55. The molecule has 1 aromatic rings. The Kier molecular flexibility index (Phi) is 4.84. The Morgan fingerprint density at radius 3 is 2.56 bits per heavy atom. The molecule has 4 rings (SSSR count). The van der Waals surface area contributed by atoms with Crippen LogP contribution in [0.5, 0.6) is 5.75 Å². The second-order valence-electron chi connectivity index (χ2n) is 8.25. The monoisotopic (exact) mass is 371 g/mol. The molecule has 3 aliphatic heterocycles. The molecule has 2 saturated heterocycles. The highest BCUT2D eigenvalue weighted by atomic mass is 16.5. The van der Waals surface area contributed by atoms with Gasteiger partial charge < -0.3 is 15.0 Å². The second kappa shape index (κ2) is 7.15. The van der Waals surface area contributed by atoms with Gasteiger partial charge in [-0.1, -0.05) is 12.1 Å². The molecule has 0 saturated carbocycles. The van der Waals surface area contributed by atoms with Gasteiger partial charge in [0.25, 0.3) is 5.91 Å². The van der Waals surface area contributed by atoms with E-state index in [9.17, 15) is 9.59 Å².